The molecule has 0 saturated heterocycles. The van der Waals surface area contributed by atoms with Gasteiger partial charge < -0.3 is 4.42 Å². The van der Waals surface area contributed by atoms with Gasteiger partial charge in [-0.1, -0.05) is 0 Å². The second-order valence-electron chi connectivity index (χ2n) is 2.06. The minimum atomic E-state index is -4.98. The quantitative estimate of drug-likeness (QED) is 0.751. The van der Waals surface area contributed by atoms with Crippen LogP contribution in [0.3, 0.4) is 0 Å². The van der Waals surface area contributed by atoms with E-state index in [-0.39, 0.29) is 0 Å². The van der Waals surface area contributed by atoms with Gasteiger partial charge in [-0.15, -0.1) is 4.72 Å². The van der Waals surface area contributed by atoms with Crippen molar-refractivity contribution in [1.82, 2.24) is 4.72 Å². The van der Waals surface area contributed by atoms with E-state index < -0.39 is 21.2 Å². The molecule has 8 heteroatoms. The van der Waals surface area contributed by atoms with Gasteiger partial charge in [0.25, 0.3) is 10.0 Å². The molecule has 1 aromatic rings. The molecule has 0 spiro atoms. The van der Waals surface area contributed by atoms with Crippen molar-refractivity contribution in [3.05, 3.63) is 18.6 Å². The molecule has 4 nitrogen and oxygen atoms in total. The summed E-state index contributed by atoms with van der Waals surface area (Å²) in [4.78, 5) is -0.565. The number of rotatable bonds is 2. The van der Waals surface area contributed by atoms with Crippen LogP contribution in [0.5, 0.6) is 0 Å². The maximum Gasteiger partial charge on any atom is 0.470 e. The smallest absolute Gasteiger partial charge is 0.470 e. The Labute approximate surface area is 71.4 Å². The minimum absolute atomic E-state index is 0.510. The normalized spacial score (nSPS) is 13.2. The Hall–Kier alpha value is -1.02. The van der Waals surface area contributed by atoms with Gasteiger partial charge in [-0.3, -0.25) is 0 Å². The Bertz CT molecular complexity index is 366. The summed E-state index contributed by atoms with van der Waals surface area (Å²) in [5, 5.41) is 0. The number of halogens is 3. The molecular formula is C5H4F3NO3S. The molecule has 0 aromatic carbocycles. The predicted molar refractivity (Wildman–Crippen MR) is 35.1 cm³/mol. The standard InChI is InChI=1S/C5H4F3NO3S/c6-5(7,8)9-13(10,11)4-1-2-12-3-4/h1-3,9H. The maximum atomic E-state index is 11.6. The van der Waals surface area contributed by atoms with Gasteiger partial charge in [-0.25, -0.2) is 8.42 Å². The van der Waals surface area contributed by atoms with Crippen molar-refractivity contribution < 1.29 is 26.0 Å². The molecule has 13 heavy (non-hydrogen) atoms. The lowest BCUT2D eigenvalue weighted by Crippen LogP contribution is -2.36. The van der Waals surface area contributed by atoms with Crippen LogP contribution < -0.4 is 4.72 Å². The Balaban J connectivity index is 2.93. The SMILES string of the molecule is O=S(=O)(NC(F)(F)F)c1ccoc1. The zero-order valence-corrected chi connectivity index (χ0v) is 6.82. The van der Waals surface area contributed by atoms with Crippen molar-refractivity contribution in [2.75, 3.05) is 0 Å². The molecule has 1 N–H and O–H groups in total. The Kier molecular flexibility index (Phi) is 2.35. The van der Waals surface area contributed by atoms with Crippen LogP contribution in [0, 0.1) is 0 Å². The average molecular weight is 215 g/mol. The van der Waals surface area contributed by atoms with Gasteiger partial charge in [0.05, 0.1) is 6.26 Å². The molecule has 0 atom stereocenters. The van der Waals surface area contributed by atoms with E-state index in [2.05, 4.69) is 4.42 Å². The number of furan rings is 1. The highest BCUT2D eigenvalue weighted by atomic mass is 32.2. The van der Waals surface area contributed by atoms with Crippen molar-refractivity contribution >= 4 is 10.0 Å². The molecule has 1 heterocycles. The summed E-state index contributed by atoms with van der Waals surface area (Å²) in [6.45, 7) is 0. The molecule has 0 aliphatic heterocycles. The molecule has 0 amide bonds. The van der Waals surface area contributed by atoms with Gasteiger partial charge in [0.2, 0.25) is 0 Å². The van der Waals surface area contributed by atoms with E-state index in [4.69, 9.17) is 0 Å². The van der Waals surface area contributed by atoms with Crippen molar-refractivity contribution in [1.29, 1.82) is 0 Å². The maximum absolute atomic E-state index is 11.6. The Morgan fingerprint density at radius 3 is 2.38 bits per heavy atom. The second-order valence-corrected chi connectivity index (χ2v) is 3.74. The van der Waals surface area contributed by atoms with E-state index in [9.17, 15) is 21.6 Å². The summed E-state index contributed by atoms with van der Waals surface area (Å²) in [6.07, 6.45) is -3.31. The monoisotopic (exact) mass is 215 g/mol. The molecule has 0 aliphatic rings. The molecule has 0 aliphatic carbocycles. The van der Waals surface area contributed by atoms with Crippen LogP contribution >= 0.6 is 0 Å². The zero-order chi connectivity index (χ0) is 10.1. The Morgan fingerprint density at radius 2 is 2.00 bits per heavy atom. The summed E-state index contributed by atoms with van der Waals surface area (Å²) in [5.41, 5.74) is 0. The van der Waals surface area contributed by atoms with E-state index in [1.165, 1.54) is 0 Å². The average Bonchev–Trinajstić information content (AvgIpc) is 2.29. The molecule has 0 bridgehead atoms. The third kappa shape index (κ3) is 2.74. The number of hydrogen-bond donors (Lipinski definition) is 1. The van der Waals surface area contributed by atoms with Crippen LogP contribution in [0.25, 0.3) is 0 Å². The lowest BCUT2D eigenvalue weighted by atomic mass is 10.7. The number of nitrogens with one attached hydrogen (secondary N) is 1. The molecule has 0 unspecified atom stereocenters. The first-order valence-corrected chi connectivity index (χ1v) is 4.42. The van der Waals surface area contributed by atoms with Gasteiger partial charge in [-0.05, 0) is 6.07 Å². The first-order valence-electron chi connectivity index (χ1n) is 2.94. The largest absolute Gasteiger partial charge is 0.471 e. The van der Waals surface area contributed by atoms with Crippen molar-refractivity contribution in [3.63, 3.8) is 0 Å². The lowest BCUT2D eigenvalue weighted by Gasteiger charge is -2.06. The van der Waals surface area contributed by atoms with Crippen LogP contribution in [0.1, 0.15) is 0 Å². The van der Waals surface area contributed by atoms with Crippen LogP contribution in [-0.4, -0.2) is 14.7 Å². The minimum Gasteiger partial charge on any atom is -0.471 e. The molecule has 1 rings (SSSR count). The van der Waals surface area contributed by atoms with Gasteiger partial charge in [0.15, 0.2) is 0 Å². The number of hydrogen-bond acceptors (Lipinski definition) is 3. The highest BCUT2D eigenvalue weighted by Crippen LogP contribution is 2.16. The van der Waals surface area contributed by atoms with Crippen LogP contribution in [-0.2, 0) is 10.0 Å². The number of sulfonamides is 1. The highest BCUT2D eigenvalue weighted by molar-refractivity contribution is 7.89. The van der Waals surface area contributed by atoms with Gasteiger partial charge in [0, 0.05) is 0 Å². The number of alkyl halides is 3. The van der Waals surface area contributed by atoms with E-state index in [1.807, 2.05) is 0 Å². The van der Waals surface area contributed by atoms with E-state index in [0.29, 0.717) is 11.0 Å². The van der Waals surface area contributed by atoms with E-state index in [0.717, 1.165) is 12.3 Å². The molecule has 0 saturated carbocycles. The van der Waals surface area contributed by atoms with Crippen LogP contribution in [0.4, 0.5) is 13.2 Å². The molecule has 74 valence electrons. The van der Waals surface area contributed by atoms with Crippen molar-refractivity contribution in [2.24, 2.45) is 0 Å². The summed E-state index contributed by atoms with van der Waals surface area (Å²) >= 11 is 0. The third-order valence-electron chi connectivity index (χ3n) is 1.06. The summed E-state index contributed by atoms with van der Waals surface area (Å²) in [6, 6.07) is 0.911. The molecule has 0 radical (unpaired) electrons. The fraction of sp³-hybridized carbons (Fsp3) is 0.200. The summed E-state index contributed by atoms with van der Waals surface area (Å²) in [5.74, 6) is 0. The first-order chi connectivity index (χ1) is 5.81. The van der Waals surface area contributed by atoms with Gasteiger partial charge in [0.1, 0.15) is 11.2 Å². The van der Waals surface area contributed by atoms with Gasteiger partial charge >= 0.3 is 6.30 Å². The van der Waals surface area contributed by atoms with Crippen LogP contribution in [0.2, 0.25) is 0 Å². The Morgan fingerprint density at radius 1 is 1.38 bits per heavy atom. The summed E-state index contributed by atoms with van der Waals surface area (Å²) < 4.78 is 61.3. The van der Waals surface area contributed by atoms with Crippen molar-refractivity contribution in [3.8, 4) is 0 Å². The third-order valence-corrected chi connectivity index (χ3v) is 2.41. The first kappa shape index (κ1) is 10.1. The highest BCUT2D eigenvalue weighted by Gasteiger charge is 2.35. The molecule has 1 aromatic heterocycles. The fourth-order valence-corrected chi connectivity index (χ4v) is 1.46. The summed E-state index contributed by atoms with van der Waals surface area (Å²) in [7, 11) is -4.54. The van der Waals surface area contributed by atoms with E-state index in [1.54, 1.807) is 0 Å². The fourth-order valence-electron chi connectivity index (χ4n) is 0.616. The second kappa shape index (κ2) is 3.04. The van der Waals surface area contributed by atoms with Crippen LogP contribution in [0.15, 0.2) is 27.9 Å². The lowest BCUT2D eigenvalue weighted by molar-refractivity contribution is -0.138. The van der Waals surface area contributed by atoms with Gasteiger partial charge in [-0.2, -0.15) is 13.2 Å². The topological polar surface area (TPSA) is 59.3 Å². The van der Waals surface area contributed by atoms with E-state index >= 15 is 0 Å². The zero-order valence-electron chi connectivity index (χ0n) is 6.00. The van der Waals surface area contributed by atoms with Crippen molar-refractivity contribution in [2.45, 2.75) is 11.2 Å². The predicted octanol–water partition coefficient (Wildman–Crippen LogP) is 1.08. The molecule has 0 fully saturated rings. The molecular weight excluding hydrogens is 211 g/mol.